The monoisotopic (exact) mass is 694 g/mol. The number of hydrogen-bond acceptors (Lipinski definition) is 11. The number of nitriles is 1. The normalized spacial score (nSPS) is 13.1. The average Bonchev–Trinajstić information content (AvgIpc) is 3.30. The first-order valence-corrected chi connectivity index (χ1v) is 16.9. The number of aromatic nitrogens is 3. The fourth-order valence-corrected chi connectivity index (χ4v) is 7.14. The second-order valence-electron chi connectivity index (χ2n) is 11.0. The number of fused-ring (bicyclic) bond motifs is 1. The summed E-state index contributed by atoms with van der Waals surface area (Å²) in [4.78, 5) is 17.6. The number of nitrogens with zero attached hydrogens (tertiary/aromatic N) is 6. The Balaban J connectivity index is 0.00000221. The number of pyridine rings is 1. The van der Waals surface area contributed by atoms with Crippen LogP contribution in [0.4, 0.5) is 25.4 Å². The molecule has 6 rings (SSSR count). The van der Waals surface area contributed by atoms with Crippen molar-refractivity contribution in [2.75, 3.05) is 56.3 Å². The van der Waals surface area contributed by atoms with E-state index < -0.39 is 11.6 Å². The van der Waals surface area contributed by atoms with E-state index in [1.165, 1.54) is 12.1 Å². The van der Waals surface area contributed by atoms with Gasteiger partial charge in [0.1, 0.15) is 47.3 Å². The first-order chi connectivity index (χ1) is 23.2. The quantitative estimate of drug-likeness (QED) is 0.159. The van der Waals surface area contributed by atoms with Crippen LogP contribution in [0.1, 0.15) is 51.3 Å². The fourth-order valence-electron chi connectivity index (χ4n) is 5.85. The SMILES string of the molecule is CC.CCCN(C)CCOc1nc2c3c(c(Cl)c(-c4ccc(F)c5sc(N)c(C#N)c45)c(F)c3n1)OCCN2C(C)c1cccnc1N. The highest BCUT2D eigenvalue weighted by molar-refractivity contribution is 7.23. The van der Waals surface area contributed by atoms with Gasteiger partial charge in [0.2, 0.25) is 0 Å². The third kappa shape index (κ3) is 6.23. The number of anilines is 3. The van der Waals surface area contributed by atoms with Crippen molar-refractivity contribution in [3.8, 4) is 29.0 Å². The molecule has 1 aliphatic heterocycles. The average molecular weight is 695 g/mol. The van der Waals surface area contributed by atoms with Crippen LogP contribution < -0.4 is 25.8 Å². The summed E-state index contributed by atoms with van der Waals surface area (Å²) in [6, 6.07) is 7.88. The Morgan fingerprint density at radius 2 is 1.96 bits per heavy atom. The first-order valence-electron chi connectivity index (χ1n) is 15.7. The van der Waals surface area contributed by atoms with E-state index in [-0.39, 0.29) is 78.7 Å². The maximum absolute atomic E-state index is 17.0. The number of nitrogens with two attached hydrogens (primary N) is 2. The van der Waals surface area contributed by atoms with Gasteiger partial charge in [-0.15, -0.1) is 11.3 Å². The van der Waals surface area contributed by atoms with Gasteiger partial charge in [-0.3, -0.25) is 0 Å². The van der Waals surface area contributed by atoms with Gasteiger partial charge in [0.25, 0.3) is 0 Å². The Morgan fingerprint density at radius 3 is 2.67 bits per heavy atom. The van der Waals surface area contributed by atoms with Crippen molar-refractivity contribution in [1.29, 1.82) is 5.26 Å². The molecule has 1 unspecified atom stereocenters. The molecule has 252 valence electrons. The molecule has 2 aromatic carbocycles. The summed E-state index contributed by atoms with van der Waals surface area (Å²) in [6.45, 7) is 10.3. The minimum Gasteiger partial charge on any atom is -0.489 e. The van der Waals surface area contributed by atoms with Gasteiger partial charge in [-0.2, -0.15) is 15.2 Å². The molecule has 48 heavy (non-hydrogen) atoms. The summed E-state index contributed by atoms with van der Waals surface area (Å²) in [5.41, 5.74) is 13.1. The second-order valence-corrected chi connectivity index (χ2v) is 12.4. The third-order valence-electron chi connectivity index (χ3n) is 8.09. The van der Waals surface area contributed by atoms with Crippen LogP contribution in [-0.4, -0.2) is 59.7 Å². The molecule has 5 aromatic rings. The van der Waals surface area contributed by atoms with Gasteiger partial charge in [-0.05, 0) is 44.6 Å². The molecule has 0 saturated heterocycles. The summed E-state index contributed by atoms with van der Waals surface area (Å²) >= 11 is 7.91. The van der Waals surface area contributed by atoms with E-state index in [4.69, 9.17) is 37.5 Å². The zero-order valence-electron chi connectivity index (χ0n) is 27.4. The van der Waals surface area contributed by atoms with E-state index in [2.05, 4.69) is 21.8 Å². The number of rotatable bonds is 9. The van der Waals surface area contributed by atoms with Gasteiger partial charge < -0.3 is 30.7 Å². The molecule has 4 heterocycles. The number of halogens is 3. The summed E-state index contributed by atoms with van der Waals surface area (Å²) in [7, 11) is 1.98. The molecule has 4 N–H and O–H groups in total. The first kappa shape index (κ1) is 34.8. The smallest absolute Gasteiger partial charge is 0.319 e. The summed E-state index contributed by atoms with van der Waals surface area (Å²) in [6.07, 6.45) is 2.59. The molecule has 0 saturated carbocycles. The Hall–Kier alpha value is -4.51. The van der Waals surface area contributed by atoms with Crippen LogP contribution in [0.2, 0.25) is 5.02 Å². The molecule has 14 heteroatoms. The van der Waals surface area contributed by atoms with Crippen molar-refractivity contribution in [3.63, 3.8) is 0 Å². The lowest BCUT2D eigenvalue weighted by molar-refractivity contribution is 0.226. The second kappa shape index (κ2) is 14.7. The van der Waals surface area contributed by atoms with Gasteiger partial charge in [-0.25, -0.2) is 13.8 Å². The van der Waals surface area contributed by atoms with Crippen molar-refractivity contribution in [2.45, 2.75) is 40.2 Å². The Bertz CT molecular complexity index is 2020. The molecule has 1 aliphatic rings. The predicted octanol–water partition coefficient (Wildman–Crippen LogP) is 7.58. The maximum atomic E-state index is 17.0. The van der Waals surface area contributed by atoms with Crippen LogP contribution in [0.25, 0.3) is 32.1 Å². The van der Waals surface area contributed by atoms with Crippen molar-refractivity contribution >= 4 is 60.6 Å². The number of thiophene rings is 1. The molecule has 0 amide bonds. The van der Waals surface area contributed by atoms with Gasteiger partial charge in [0.15, 0.2) is 11.6 Å². The van der Waals surface area contributed by atoms with Crippen molar-refractivity contribution in [3.05, 3.63) is 58.2 Å². The molecule has 0 bridgehead atoms. The molecule has 0 spiro atoms. The molecular formula is C34H37ClF2N8O2S. The van der Waals surface area contributed by atoms with Crippen molar-refractivity contribution in [2.24, 2.45) is 0 Å². The van der Waals surface area contributed by atoms with Crippen LogP contribution in [-0.2, 0) is 0 Å². The summed E-state index contributed by atoms with van der Waals surface area (Å²) < 4.78 is 44.3. The summed E-state index contributed by atoms with van der Waals surface area (Å²) in [5, 5.41) is 10.3. The molecule has 1 atom stereocenters. The van der Waals surface area contributed by atoms with Crippen molar-refractivity contribution < 1.29 is 18.3 Å². The number of hydrogen-bond donors (Lipinski definition) is 2. The van der Waals surface area contributed by atoms with Crippen LogP contribution in [0.15, 0.2) is 30.5 Å². The van der Waals surface area contributed by atoms with E-state index in [9.17, 15) is 9.65 Å². The minimum atomic E-state index is -0.805. The topological polar surface area (TPSA) is 139 Å². The third-order valence-corrected chi connectivity index (χ3v) is 9.48. The molecule has 0 radical (unpaired) electrons. The highest BCUT2D eigenvalue weighted by Crippen LogP contribution is 2.51. The van der Waals surface area contributed by atoms with Gasteiger partial charge in [0.05, 0.1) is 33.3 Å². The molecule has 10 nitrogen and oxygen atoms in total. The standard InChI is InChI=1S/C32H31ClF2N8O2S.C2H6/c1-4-10-42(3)11-13-45-32-40-26-23-27(44-14-12-43(31(23)41-32)16(2)17-6-5-9-39-29(17)37)24(33)22(25(26)35)18-7-8-20(34)28-21(18)19(15-36)30(38)46-28;1-2/h5-9,16H,4,10-14,38H2,1-3H3,(H2,37,39);1-2H3. The molecule has 3 aromatic heterocycles. The number of benzene rings is 2. The largest absolute Gasteiger partial charge is 0.489 e. The Kier molecular flexibility index (Phi) is 10.7. The zero-order valence-corrected chi connectivity index (χ0v) is 29.0. The lowest BCUT2D eigenvalue weighted by atomic mass is 9.96. The van der Waals surface area contributed by atoms with Crippen molar-refractivity contribution in [1.82, 2.24) is 19.9 Å². The van der Waals surface area contributed by atoms with E-state index >= 15 is 4.39 Å². The van der Waals surface area contributed by atoms with Crippen LogP contribution in [0, 0.1) is 23.0 Å². The lowest BCUT2D eigenvalue weighted by Gasteiger charge is -2.30. The Labute approximate surface area is 286 Å². The minimum absolute atomic E-state index is 0.0366. The molecule has 0 aliphatic carbocycles. The maximum Gasteiger partial charge on any atom is 0.319 e. The number of likely N-dealkylation sites (N-methyl/N-ethyl adjacent to an activating group) is 1. The highest BCUT2D eigenvalue weighted by atomic mass is 35.5. The number of nitrogen functional groups attached to an aromatic ring is 2. The lowest BCUT2D eigenvalue weighted by Crippen LogP contribution is -2.31. The van der Waals surface area contributed by atoms with E-state index in [1.54, 1.807) is 12.3 Å². The van der Waals surface area contributed by atoms with Crippen LogP contribution in [0.3, 0.4) is 0 Å². The van der Waals surface area contributed by atoms with E-state index in [0.29, 0.717) is 24.7 Å². The van der Waals surface area contributed by atoms with Crippen LogP contribution in [0.5, 0.6) is 11.8 Å². The van der Waals surface area contributed by atoms with E-state index in [1.807, 2.05) is 44.9 Å². The van der Waals surface area contributed by atoms with Gasteiger partial charge >= 0.3 is 6.01 Å². The zero-order chi connectivity index (χ0) is 34.7. The number of ether oxygens (including phenoxy) is 2. The summed E-state index contributed by atoms with van der Waals surface area (Å²) in [5.74, 6) is -0.536. The van der Waals surface area contributed by atoms with E-state index in [0.717, 1.165) is 29.9 Å². The molecule has 0 fully saturated rings. The highest BCUT2D eigenvalue weighted by Gasteiger charge is 2.33. The predicted molar refractivity (Wildman–Crippen MR) is 189 cm³/mol. The van der Waals surface area contributed by atoms with Crippen LogP contribution >= 0.6 is 22.9 Å². The molecular weight excluding hydrogens is 658 g/mol. The fraction of sp³-hybridized carbons (Fsp3) is 0.353. The van der Waals surface area contributed by atoms with Gasteiger partial charge in [-0.1, -0.05) is 44.5 Å². The Morgan fingerprint density at radius 1 is 1.19 bits per heavy atom. The van der Waals surface area contributed by atoms with Gasteiger partial charge in [0, 0.05) is 29.3 Å².